The Hall–Kier alpha value is -2.85. The highest BCUT2D eigenvalue weighted by Gasteiger charge is 2.29. The highest BCUT2D eigenvalue weighted by atomic mass is 32.2. The third kappa shape index (κ3) is 4.44. The Morgan fingerprint density at radius 1 is 0.971 bits per heavy atom. The second-order valence-corrected chi connectivity index (χ2v) is 11.6. The van der Waals surface area contributed by atoms with Crippen LogP contribution in [0.4, 0.5) is 0 Å². The number of aromatic nitrogens is 2. The van der Waals surface area contributed by atoms with Crippen LogP contribution in [-0.4, -0.2) is 53.8 Å². The normalized spacial score (nSPS) is 15.7. The summed E-state index contributed by atoms with van der Waals surface area (Å²) in [6, 6.07) is 17.1. The van der Waals surface area contributed by atoms with E-state index in [9.17, 15) is 13.2 Å². The minimum Gasteiger partial charge on any atom is -0.309 e. The van der Waals surface area contributed by atoms with E-state index in [0.717, 1.165) is 21.6 Å². The minimum atomic E-state index is -3.52. The lowest BCUT2D eigenvalue weighted by molar-refractivity contribution is 0.178. The number of nitrogens with one attached hydrogen (secondary N) is 1. The quantitative estimate of drug-likeness (QED) is 0.456. The Morgan fingerprint density at radius 3 is 2.41 bits per heavy atom. The van der Waals surface area contributed by atoms with E-state index in [4.69, 9.17) is 4.98 Å². The molecule has 34 heavy (non-hydrogen) atoms. The summed E-state index contributed by atoms with van der Waals surface area (Å²) in [6.07, 6.45) is 0. The fraction of sp³-hybridized carbons (Fsp3) is 0.280. The van der Waals surface area contributed by atoms with Gasteiger partial charge in [0.05, 0.1) is 16.8 Å². The van der Waals surface area contributed by atoms with Crippen molar-refractivity contribution >= 4 is 31.6 Å². The van der Waals surface area contributed by atoms with Gasteiger partial charge in [-0.25, -0.2) is 13.4 Å². The van der Waals surface area contributed by atoms with Crippen LogP contribution in [0.15, 0.2) is 64.3 Å². The Labute approximate surface area is 202 Å². The molecule has 1 aliphatic heterocycles. The van der Waals surface area contributed by atoms with Crippen LogP contribution in [-0.2, 0) is 16.6 Å². The van der Waals surface area contributed by atoms with Crippen LogP contribution in [0.5, 0.6) is 0 Å². The third-order valence-corrected chi connectivity index (χ3v) is 9.30. The van der Waals surface area contributed by atoms with E-state index in [2.05, 4.69) is 9.88 Å². The molecule has 0 atom stereocenters. The first-order valence-electron chi connectivity index (χ1n) is 11.2. The first kappa shape index (κ1) is 22.9. The third-order valence-electron chi connectivity index (χ3n) is 6.33. The van der Waals surface area contributed by atoms with Gasteiger partial charge in [-0.3, -0.25) is 9.69 Å². The predicted molar refractivity (Wildman–Crippen MR) is 136 cm³/mol. The summed E-state index contributed by atoms with van der Waals surface area (Å²) in [7, 11) is -3.52. The van der Waals surface area contributed by atoms with Crippen LogP contribution in [0.3, 0.4) is 0 Å². The van der Waals surface area contributed by atoms with Gasteiger partial charge in [0, 0.05) is 31.1 Å². The number of rotatable bonds is 5. The van der Waals surface area contributed by atoms with Crippen molar-refractivity contribution in [1.29, 1.82) is 0 Å². The summed E-state index contributed by atoms with van der Waals surface area (Å²) >= 11 is 1.51. The van der Waals surface area contributed by atoms with Crippen LogP contribution in [0.25, 0.3) is 20.7 Å². The number of H-pyrrole nitrogens is 1. The van der Waals surface area contributed by atoms with Crippen LogP contribution < -0.4 is 5.56 Å². The number of thiophene rings is 1. The summed E-state index contributed by atoms with van der Waals surface area (Å²) in [5.74, 6) is 0.601. The average molecular weight is 495 g/mol. The van der Waals surface area contributed by atoms with E-state index in [1.165, 1.54) is 11.3 Å². The number of nitrogens with zero attached hydrogens (tertiary/aromatic N) is 3. The maximum atomic E-state index is 13.1. The summed E-state index contributed by atoms with van der Waals surface area (Å²) in [5.41, 5.74) is 2.96. The lowest BCUT2D eigenvalue weighted by Gasteiger charge is -2.33. The molecule has 5 rings (SSSR count). The molecular weight excluding hydrogens is 468 g/mol. The highest BCUT2D eigenvalue weighted by Crippen LogP contribution is 2.30. The average Bonchev–Trinajstić information content (AvgIpc) is 3.27. The maximum Gasteiger partial charge on any atom is 0.259 e. The van der Waals surface area contributed by atoms with E-state index in [-0.39, 0.29) is 5.56 Å². The summed E-state index contributed by atoms with van der Waals surface area (Å²) in [6.45, 7) is 6.32. The number of aromatic amines is 1. The molecule has 0 amide bonds. The van der Waals surface area contributed by atoms with Crippen molar-refractivity contribution in [2.24, 2.45) is 0 Å². The molecule has 0 saturated carbocycles. The Bertz CT molecular complexity index is 1500. The lowest BCUT2D eigenvalue weighted by Crippen LogP contribution is -2.48. The van der Waals surface area contributed by atoms with Crippen LogP contribution in [0.1, 0.15) is 17.0 Å². The number of aryl methyl sites for hydroxylation is 2. The number of hydrogen-bond acceptors (Lipinski definition) is 6. The van der Waals surface area contributed by atoms with Crippen molar-refractivity contribution in [1.82, 2.24) is 19.2 Å². The molecule has 9 heteroatoms. The van der Waals surface area contributed by atoms with Gasteiger partial charge in [-0.15, -0.1) is 11.3 Å². The summed E-state index contributed by atoms with van der Waals surface area (Å²) in [5, 5.41) is 0.594. The number of hydrogen-bond donors (Lipinski definition) is 1. The zero-order chi connectivity index (χ0) is 23.9. The van der Waals surface area contributed by atoms with Crippen molar-refractivity contribution < 1.29 is 8.42 Å². The molecule has 0 spiro atoms. The molecule has 1 fully saturated rings. The Morgan fingerprint density at radius 2 is 1.71 bits per heavy atom. The van der Waals surface area contributed by atoms with E-state index < -0.39 is 10.0 Å². The number of sulfonamides is 1. The monoisotopic (exact) mass is 494 g/mol. The Kier molecular flexibility index (Phi) is 6.11. The van der Waals surface area contributed by atoms with E-state index in [0.29, 0.717) is 53.7 Å². The van der Waals surface area contributed by atoms with Crippen molar-refractivity contribution in [3.8, 4) is 10.4 Å². The number of fused-ring (bicyclic) bond motifs is 1. The van der Waals surface area contributed by atoms with Gasteiger partial charge < -0.3 is 4.98 Å². The molecule has 176 valence electrons. The van der Waals surface area contributed by atoms with E-state index in [1.807, 2.05) is 56.3 Å². The molecule has 4 aromatic rings. The molecule has 2 aromatic heterocycles. The second kappa shape index (κ2) is 9.07. The summed E-state index contributed by atoms with van der Waals surface area (Å²) in [4.78, 5) is 24.5. The number of benzene rings is 2. The van der Waals surface area contributed by atoms with Crippen molar-refractivity contribution in [2.75, 3.05) is 26.2 Å². The van der Waals surface area contributed by atoms with Gasteiger partial charge in [-0.1, -0.05) is 36.4 Å². The fourth-order valence-electron chi connectivity index (χ4n) is 4.16. The largest absolute Gasteiger partial charge is 0.309 e. The Balaban J connectivity index is 1.29. The van der Waals surface area contributed by atoms with Crippen LogP contribution in [0.2, 0.25) is 0 Å². The van der Waals surface area contributed by atoms with Gasteiger partial charge in [-0.2, -0.15) is 4.31 Å². The van der Waals surface area contributed by atoms with Gasteiger partial charge in [0.25, 0.3) is 5.56 Å². The van der Waals surface area contributed by atoms with Gasteiger partial charge in [0.15, 0.2) is 0 Å². The molecule has 0 radical (unpaired) electrons. The standard InChI is InChI=1S/C25H26N4O3S2/c1-17-8-9-20(14-18(17)2)34(31,32)29-12-10-28(11-13-29)16-23-26-24(30)21-15-22(33-25(21)27-23)19-6-4-3-5-7-19/h3-9,14-15H,10-13,16H2,1-2H3,(H,26,27,30). The topological polar surface area (TPSA) is 86.4 Å². The molecule has 1 aliphatic rings. The first-order chi connectivity index (χ1) is 16.3. The molecule has 2 aromatic carbocycles. The van der Waals surface area contributed by atoms with Crippen LogP contribution >= 0.6 is 11.3 Å². The van der Waals surface area contributed by atoms with E-state index >= 15 is 0 Å². The van der Waals surface area contributed by atoms with Gasteiger partial charge in [-0.05, 0) is 48.7 Å². The predicted octanol–water partition coefficient (Wildman–Crippen LogP) is 3.77. The number of piperazine rings is 1. The van der Waals surface area contributed by atoms with Gasteiger partial charge in [0.1, 0.15) is 10.7 Å². The van der Waals surface area contributed by atoms with Gasteiger partial charge >= 0.3 is 0 Å². The van der Waals surface area contributed by atoms with Gasteiger partial charge in [0.2, 0.25) is 10.0 Å². The molecular formula is C25H26N4O3S2. The zero-order valence-electron chi connectivity index (χ0n) is 19.1. The molecule has 0 aliphatic carbocycles. The fourth-order valence-corrected chi connectivity index (χ4v) is 6.72. The summed E-state index contributed by atoms with van der Waals surface area (Å²) < 4.78 is 27.7. The van der Waals surface area contributed by atoms with Crippen molar-refractivity contribution in [2.45, 2.75) is 25.3 Å². The molecule has 7 nitrogen and oxygen atoms in total. The second-order valence-electron chi connectivity index (χ2n) is 8.63. The van der Waals surface area contributed by atoms with Crippen LogP contribution in [0, 0.1) is 13.8 Å². The first-order valence-corrected chi connectivity index (χ1v) is 13.4. The molecule has 3 heterocycles. The molecule has 1 N–H and O–H groups in total. The van der Waals surface area contributed by atoms with E-state index in [1.54, 1.807) is 16.4 Å². The SMILES string of the molecule is Cc1ccc(S(=O)(=O)N2CCN(Cc3nc4sc(-c5ccccc5)cc4c(=O)[nH]3)CC2)cc1C. The molecule has 0 bridgehead atoms. The molecule has 0 unspecified atom stereocenters. The smallest absolute Gasteiger partial charge is 0.259 e. The minimum absolute atomic E-state index is 0.144. The van der Waals surface area contributed by atoms with Crippen molar-refractivity contribution in [3.05, 3.63) is 81.9 Å². The molecule has 1 saturated heterocycles. The van der Waals surface area contributed by atoms with Crippen molar-refractivity contribution in [3.63, 3.8) is 0 Å². The highest BCUT2D eigenvalue weighted by molar-refractivity contribution is 7.89. The maximum absolute atomic E-state index is 13.1. The lowest BCUT2D eigenvalue weighted by atomic mass is 10.1. The zero-order valence-corrected chi connectivity index (χ0v) is 20.7.